The van der Waals surface area contributed by atoms with Crippen LogP contribution in [0.1, 0.15) is 98.6 Å². The van der Waals surface area contributed by atoms with E-state index in [1.165, 1.54) is 18.1 Å². The van der Waals surface area contributed by atoms with E-state index in [1.54, 1.807) is 0 Å². The number of amides is 2. The van der Waals surface area contributed by atoms with Gasteiger partial charge in [0.25, 0.3) is 0 Å². The van der Waals surface area contributed by atoms with Crippen molar-refractivity contribution in [1.82, 2.24) is 15.5 Å². The maximum Gasteiger partial charge on any atom is 0.457 e. The summed E-state index contributed by atoms with van der Waals surface area (Å²) >= 11 is 0. The van der Waals surface area contributed by atoms with Gasteiger partial charge >= 0.3 is 7.12 Å². The summed E-state index contributed by atoms with van der Waals surface area (Å²) in [5.41, 5.74) is 0.421. The normalized spacial score (nSPS) is 22.2. The third-order valence-corrected chi connectivity index (χ3v) is 9.64. The predicted octanol–water partition coefficient (Wildman–Crippen LogP) is 6.52. The molecule has 240 valence electrons. The maximum atomic E-state index is 14.1. The standard InChI is InChI=1S/C36H54BN3O4/c1-27(41)38-36(32(42)39-33(2,3)4,21-15-16-22-37-43-34(5,6)35(7,8)44-37)30-23-31(24-30)40(25-28-17-11-9-12-18-28)26-29-19-13-10-14-20-29/h9-14,17-20,30-31H,15-16,21-26H2,1-8H3,(H,38,41)(H,39,42)/t30?,31?,36-/m0/s1. The van der Waals surface area contributed by atoms with Crippen LogP contribution in [0.5, 0.6) is 0 Å². The average molecular weight is 604 g/mol. The van der Waals surface area contributed by atoms with Crippen molar-refractivity contribution < 1.29 is 18.9 Å². The van der Waals surface area contributed by atoms with Gasteiger partial charge in [0.2, 0.25) is 11.8 Å². The molecule has 0 spiro atoms. The second-order valence-electron chi connectivity index (χ2n) is 15.0. The number of nitrogens with one attached hydrogen (secondary N) is 2. The molecule has 2 aliphatic rings. The van der Waals surface area contributed by atoms with Crippen LogP contribution in [-0.2, 0) is 32.0 Å². The zero-order valence-electron chi connectivity index (χ0n) is 28.2. The first-order valence-corrected chi connectivity index (χ1v) is 16.4. The first-order valence-electron chi connectivity index (χ1n) is 16.4. The highest BCUT2D eigenvalue weighted by molar-refractivity contribution is 6.45. The van der Waals surface area contributed by atoms with Crippen LogP contribution in [0, 0.1) is 5.92 Å². The van der Waals surface area contributed by atoms with Crippen LogP contribution >= 0.6 is 0 Å². The summed E-state index contributed by atoms with van der Waals surface area (Å²) in [5, 5.41) is 6.42. The van der Waals surface area contributed by atoms with Crippen LogP contribution in [0.25, 0.3) is 0 Å². The van der Waals surface area contributed by atoms with Gasteiger partial charge in [-0.25, -0.2) is 0 Å². The van der Waals surface area contributed by atoms with Crippen LogP contribution in [0.15, 0.2) is 60.7 Å². The van der Waals surface area contributed by atoms with Crippen molar-refractivity contribution in [3.63, 3.8) is 0 Å². The van der Waals surface area contributed by atoms with Crippen molar-refractivity contribution in [2.75, 3.05) is 0 Å². The van der Waals surface area contributed by atoms with Gasteiger partial charge in [-0.2, -0.15) is 0 Å². The van der Waals surface area contributed by atoms with Gasteiger partial charge in [0.05, 0.1) is 11.2 Å². The average Bonchev–Trinajstić information content (AvgIpc) is 3.10. The molecule has 1 atom stereocenters. The summed E-state index contributed by atoms with van der Waals surface area (Å²) in [5.74, 6) is -0.226. The Morgan fingerprint density at radius 3 is 1.80 bits per heavy atom. The van der Waals surface area contributed by atoms with Crippen molar-refractivity contribution in [1.29, 1.82) is 0 Å². The molecule has 1 heterocycles. The summed E-state index contributed by atoms with van der Waals surface area (Å²) in [4.78, 5) is 29.4. The molecule has 7 nitrogen and oxygen atoms in total. The Kier molecular flexibility index (Phi) is 10.7. The zero-order chi connectivity index (χ0) is 32.2. The Morgan fingerprint density at radius 2 is 1.34 bits per heavy atom. The Labute approximate surface area is 266 Å². The minimum absolute atomic E-state index is 0.0321. The lowest BCUT2D eigenvalue weighted by Gasteiger charge is -2.52. The second kappa shape index (κ2) is 13.8. The number of nitrogens with zero attached hydrogens (tertiary/aromatic N) is 1. The molecule has 8 heteroatoms. The molecule has 2 fully saturated rings. The lowest BCUT2D eigenvalue weighted by atomic mass is 9.64. The fourth-order valence-electron chi connectivity index (χ4n) is 6.53. The molecule has 1 aliphatic carbocycles. The van der Waals surface area contributed by atoms with Crippen molar-refractivity contribution in [3.8, 4) is 0 Å². The molecule has 2 aromatic carbocycles. The van der Waals surface area contributed by atoms with E-state index in [1.807, 2.05) is 32.9 Å². The summed E-state index contributed by atoms with van der Waals surface area (Å²) in [6.45, 7) is 17.4. The molecule has 0 radical (unpaired) electrons. The van der Waals surface area contributed by atoms with E-state index >= 15 is 0 Å². The third kappa shape index (κ3) is 8.52. The highest BCUT2D eigenvalue weighted by Crippen LogP contribution is 2.44. The van der Waals surface area contributed by atoms with Gasteiger partial charge in [-0.05, 0) is 91.1 Å². The number of unbranched alkanes of at least 4 members (excludes halogenated alkanes) is 1. The molecular formula is C36H54BN3O4. The molecule has 1 saturated carbocycles. The van der Waals surface area contributed by atoms with Crippen LogP contribution < -0.4 is 10.6 Å². The highest BCUT2D eigenvalue weighted by atomic mass is 16.7. The molecule has 2 aromatic rings. The number of hydrogen-bond donors (Lipinski definition) is 2. The number of rotatable bonds is 13. The van der Waals surface area contributed by atoms with E-state index in [-0.39, 0.29) is 36.1 Å². The van der Waals surface area contributed by atoms with Gasteiger partial charge in [-0.3, -0.25) is 14.5 Å². The van der Waals surface area contributed by atoms with Gasteiger partial charge in [0.15, 0.2) is 0 Å². The van der Waals surface area contributed by atoms with E-state index in [4.69, 9.17) is 9.31 Å². The summed E-state index contributed by atoms with van der Waals surface area (Å²) in [7, 11) is -0.267. The molecule has 0 bridgehead atoms. The van der Waals surface area contributed by atoms with Crippen LogP contribution in [0.3, 0.4) is 0 Å². The minimum Gasteiger partial charge on any atom is -0.403 e. The Hall–Kier alpha value is -2.68. The molecule has 4 rings (SSSR count). The van der Waals surface area contributed by atoms with Gasteiger partial charge in [-0.15, -0.1) is 0 Å². The summed E-state index contributed by atoms with van der Waals surface area (Å²) in [6.07, 6.45) is 4.62. The van der Waals surface area contributed by atoms with Crippen molar-refractivity contribution in [3.05, 3.63) is 71.8 Å². The van der Waals surface area contributed by atoms with E-state index in [9.17, 15) is 9.59 Å². The third-order valence-electron chi connectivity index (χ3n) is 9.64. The second-order valence-corrected chi connectivity index (χ2v) is 15.0. The smallest absolute Gasteiger partial charge is 0.403 e. The predicted molar refractivity (Wildman–Crippen MR) is 178 cm³/mol. The Morgan fingerprint density at radius 1 is 0.841 bits per heavy atom. The lowest BCUT2D eigenvalue weighted by molar-refractivity contribution is -0.140. The van der Waals surface area contributed by atoms with Crippen molar-refractivity contribution >= 4 is 18.9 Å². The van der Waals surface area contributed by atoms with E-state index in [2.05, 4.69) is 91.8 Å². The van der Waals surface area contributed by atoms with Crippen molar-refractivity contribution in [2.24, 2.45) is 5.92 Å². The van der Waals surface area contributed by atoms with Gasteiger partial charge in [0.1, 0.15) is 5.54 Å². The SMILES string of the molecule is CC(=O)N[C@](CCCCB1OC(C)(C)C(C)(C)O1)(C(=O)NC(C)(C)C)C1CC(N(Cc2ccccc2)Cc2ccccc2)C1. The number of carbonyl (C=O) groups excluding carboxylic acids is 2. The van der Waals surface area contributed by atoms with Gasteiger partial charge in [-0.1, -0.05) is 73.5 Å². The topological polar surface area (TPSA) is 79.9 Å². The summed E-state index contributed by atoms with van der Waals surface area (Å²) in [6, 6.07) is 21.4. The zero-order valence-corrected chi connectivity index (χ0v) is 28.2. The van der Waals surface area contributed by atoms with E-state index in [0.29, 0.717) is 12.5 Å². The molecule has 0 unspecified atom stereocenters. The lowest BCUT2D eigenvalue weighted by Crippen LogP contribution is -2.68. The molecule has 2 N–H and O–H groups in total. The Bertz CT molecular complexity index is 1180. The highest BCUT2D eigenvalue weighted by Gasteiger charge is 2.53. The molecular weight excluding hydrogens is 549 g/mol. The first kappa shape index (κ1) is 34.2. The molecule has 1 aliphatic heterocycles. The van der Waals surface area contributed by atoms with Gasteiger partial charge in [0, 0.05) is 31.6 Å². The van der Waals surface area contributed by atoms with Crippen LogP contribution in [-0.4, -0.2) is 52.2 Å². The van der Waals surface area contributed by atoms with E-state index in [0.717, 1.165) is 45.1 Å². The number of hydrogen-bond acceptors (Lipinski definition) is 5. The maximum absolute atomic E-state index is 14.1. The molecule has 44 heavy (non-hydrogen) atoms. The molecule has 1 saturated heterocycles. The van der Waals surface area contributed by atoms with E-state index < -0.39 is 11.1 Å². The number of carbonyl (C=O) groups is 2. The Balaban J connectivity index is 1.50. The molecule has 2 amide bonds. The number of benzene rings is 2. The molecule has 0 aromatic heterocycles. The van der Waals surface area contributed by atoms with Crippen LogP contribution in [0.2, 0.25) is 6.32 Å². The monoisotopic (exact) mass is 603 g/mol. The first-order chi connectivity index (χ1) is 20.6. The summed E-state index contributed by atoms with van der Waals surface area (Å²) < 4.78 is 12.4. The minimum atomic E-state index is -0.975. The van der Waals surface area contributed by atoms with Crippen molar-refractivity contribution in [2.45, 2.75) is 135 Å². The van der Waals surface area contributed by atoms with Crippen LogP contribution in [0.4, 0.5) is 0 Å². The quantitative estimate of drug-likeness (QED) is 0.201. The largest absolute Gasteiger partial charge is 0.457 e. The fraction of sp³-hybridized carbons (Fsp3) is 0.611. The fourth-order valence-corrected chi connectivity index (χ4v) is 6.53. The van der Waals surface area contributed by atoms with Gasteiger partial charge < -0.3 is 19.9 Å².